The lowest BCUT2D eigenvalue weighted by Crippen LogP contribution is -2.34. The second-order valence-electron chi connectivity index (χ2n) is 5.51. The summed E-state index contributed by atoms with van der Waals surface area (Å²) in [6, 6.07) is 0.103. The molecule has 0 radical (unpaired) electrons. The summed E-state index contributed by atoms with van der Waals surface area (Å²) in [5.74, 6) is -1.60. The number of rotatable bonds is 3. The third-order valence-corrected chi connectivity index (χ3v) is 3.37. The van der Waals surface area contributed by atoms with Gasteiger partial charge in [-0.1, -0.05) is 13.8 Å². The van der Waals surface area contributed by atoms with Gasteiger partial charge in [-0.15, -0.1) is 0 Å². The Hall–Kier alpha value is -1.85. The fraction of sp³-hybridized carbons (Fsp3) is 0.583. The molecular weight excluding hydrogens is 234 g/mol. The Morgan fingerprint density at radius 2 is 2.28 bits per heavy atom. The first-order valence-electron chi connectivity index (χ1n) is 5.96. The van der Waals surface area contributed by atoms with E-state index >= 15 is 0 Å². The number of aromatic carboxylic acids is 1. The molecule has 6 nitrogen and oxygen atoms in total. The van der Waals surface area contributed by atoms with E-state index in [-0.39, 0.29) is 22.8 Å². The molecule has 1 aliphatic rings. The smallest absolute Gasteiger partial charge is 0.354 e. The standard InChI is InChI=1S/C12H17N3O3/c1-12(2)4-3-7(5-12)15-10(16)8-9(11(17)18)14-6-13-8/h6-7H,3-5H2,1-2H3,(H,13,14)(H,15,16)(H,17,18). The van der Waals surface area contributed by atoms with Crippen molar-refractivity contribution in [3.8, 4) is 0 Å². The van der Waals surface area contributed by atoms with E-state index in [0.29, 0.717) is 0 Å². The molecule has 2 rings (SSSR count). The number of imidazole rings is 1. The lowest BCUT2D eigenvalue weighted by molar-refractivity contribution is 0.0684. The SMILES string of the molecule is CC1(C)CCC(NC(=O)c2nc[nH]c2C(=O)O)C1. The summed E-state index contributed by atoms with van der Waals surface area (Å²) in [6.45, 7) is 4.33. The van der Waals surface area contributed by atoms with Crippen molar-refractivity contribution in [1.29, 1.82) is 0 Å². The first-order valence-corrected chi connectivity index (χ1v) is 5.96. The number of hydrogen-bond donors (Lipinski definition) is 3. The van der Waals surface area contributed by atoms with Gasteiger partial charge in [-0.05, 0) is 24.7 Å². The van der Waals surface area contributed by atoms with Crippen molar-refractivity contribution in [3.63, 3.8) is 0 Å². The number of carboxylic acids is 1. The van der Waals surface area contributed by atoms with E-state index in [0.717, 1.165) is 19.3 Å². The van der Waals surface area contributed by atoms with Gasteiger partial charge in [0.2, 0.25) is 0 Å². The lowest BCUT2D eigenvalue weighted by atomic mass is 9.92. The minimum Gasteiger partial charge on any atom is -0.477 e. The number of H-pyrrole nitrogens is 1. The second kappa shape index (κ2) is 4.44. The molecular formula is C12H17N3O3. The average molecular weight is 251 g/mol. The van der Waals surface area contributed by atoms with Crippen molar-refractivity contribution >= 4 is 11.9 Å². The van der Waals surface area contributed by atoms with Gasteiger partial charge in [0.05, 0.1) is 6.33 Å². The molecule has 18 heavy (non-hydrogen) atoms. The van der Waals surface area contributed by atoms with Crippen molar-refractivity contribution in [3.05, 3.63) is 17.7 Å². The molecule has 3 N–H and O–H groups in total. The van der Waals surface area contributed by atoms with E-state index in [4.69, 9.17) is 5.11 Å². The first kappa shape index (κ1) is 12.6. The molecule has 1 unspecified atom stereocenters. The summed E-state index contributed by atoms with van der Waals surface area (Å²) in [6.07, 6.45) is 4.11. The van der Waals surface area contributed by atoms with Crippen LogP contribution in [0.1, 0.15) is 54.1 Å². The van der Waals surface area contributed by atoms with Crippen LogP contribution in [0.4, 0.5) is 0 Å². The number of nitrogens with zero attached hydrogens (tertiary/aromatic N) is 1. The number of nitrogens with one attached hydrogen (secondary N) is 2. The van der Waals surface area contributed by atoms with Gasteiger partial charge in [-0.25, -0.2) is 9.78 Å². The zero-order chi connectivity index (χ0) is 13.3. The average Bonchev–Trinajstić information content (AvgIpc) is 2.84. The third-order valence-electron chi connectivity index (χ3n) is 3.37. The van der Waals surface area contributed by atoms with Gasteiger partial charge < -0.3 is 15.4 Å². The molecule has 1 amide bonds. The largest absolute Gasteiger partial charge is 0.477 e. The van der Waals surface area contributed by atoms with Crippen LogP contribution < -0.4 is 5.32 Å². The van der Waals surface area contributed by atoms with Crippen LogP contribution in [0.25, 0.3) is 0 Å². The number of carbonyl (C=O) groups is 2. The Morgan fingerprint density at radius 1 is 1.56 bits per heavy atom. The Labute approximate surface area is 105 Å². The quantitative estimate of drug-likeness (QED) is 0.757. The Kier molecular flexibility index (Phi) is 3.11. The number of carboxylic acid groups (broad SMARTS) is 1. The van der Waals surface area contributed by atoms with Crippen LogP contribution in [0.5, 0.6) is 0 Å². The molecule has 98 valence electrons. The zero-order valence-corrected chi connectivity index (χ0v) is 10.5. The van der Waals surface area contributed by atoms with E-state index in [1.807, 2.05) is 0 Å². The van der Waals surface area contributed by atoms with Crippen molar-refractivity contribution in [2.24, 2.45) is 5.41 Å². The van der Waals surface area contributed by atoms with Crippen LogP contribution in [0.15, 0.2) is 6.33 Å². The molecule has 0 aromatic carbocycles. The predicted molar refractivity (Wildman–Crippen MR) is 64.4 cm³/mol. The zero-order valence-electron chi connectivity index (χ0n) is 10.5. The van der Waals surface area contributed by atoms with Gasteiger partial charge in [-0.2, -0.15) is 0 Å². The molecule has 0 saturated heterocycles. The van der Waals surface area contributed by atoms with Crippen LogP contribution in [0.3, 0.4) is 0 Å². The van der Waals surface area contributed by atoms with Crippen LogP contribution in [0.2, 0.25) is 0 Å². The molecule has 0 aliphatic heterocycles. The highest BCUT2D eigenvalue weighted by Gasteiger charge is 2.32. The molecule has 1 heterocycles. The summed E-state index contributed by atoms with van der Waals surface area (Å²) in [4.78, 5) is 29.0. The van der Waals surface area contributed by atoms with E-state index < -0.39 is 11.9 Å². The normalized spacial score (nSPS) is 21.8. The van der Waals surface area contributed by atoms with E-state index in [9.17, 15) is 9.59 Å². The second-order valence-corrected chi connectivity index (χ2v) is 5.51. The minimum absolute atomic E-state index is 0.0489. The van der Waals surface area contributed by atoms with Crippen LogP contribution in [-0.2, 0) is 0 Å². The van der Waals surface area contributed by atoms with Gasteiger partial charge in [-0.3, -0.25) is 4.79 Å². The molecule has 6 heteroatoms. The molecule has 1 aromatic rings. The molecule has 0 bridgehead atoms. The number of carbonyl (C=O) groups excluding carboxylic acids is 1. The number of amides is 1. The van der Waals surface area contributed by atoms with E-state index in [1.54, 1.807) is 0 Å². The third kappa shape index (κ3) is 2.52. The van der Waals surface area contributed by atoms with Crippen molar-refractivity contribution in [1.82, 2.24) is 15.3 Å². The number of aromatic nitrogens is 2. The topological polar surface area (TPSA) is 95.1 Å². The molecule has 1 aromatic heterocycles. The van der Waals surface area contributed by atoms with Gasteiger partial charge in [0.25, 0.3) is 5.91 Å². The maximum Gasteiger partial charge on any atom is 0.354 e. The maximum atomic E-state index is 11.9. The highest BCUT2D eigenvalue weighted by molar-refractivity contribution is 6.02. The fourth-order valence-corrected chi connectivity index (χ4v) is 2.44. The number of hydrogen-bond acceptors (Lipinski definition) is 3. The van der Waals surface area contributed by atoms with Crippen LogP contribution >= 0.6 is 0 Å². The number of aromatic amines is 1. The minimum atomic E-state index is -1.18. The molecule has 0 spiro atoms. The Morgan fingerprint density at radius 3 is 2.83 bits per heavy atom. The van der Waals surface area contributed by atoms with E-state index in [1.165, 1.54) is 6.33 Å². The Bertz CT molecular complexity index is 479. The summed E-state index contributed by atoms with van der Waals surface area (Å²) < 4.78 is 0. The van der Waals surface area contributed by atoms with Gasteiger partial charge in [0.15, 0.2) is 11.4 Å². The highest BCUT2D eigenvalue weighted by atomic mass is 16.4. The van der Waals surface area contributed by atoms with Crippen molar-refractivity contribution in [2.45, 2.75) is 39.2 Å². The highest BCUT2D eigenvalue weighted by Crippen LogP contribution is 2.36. The predicted octanol–water partition coefficient (Wildman–Crippen LogP) is 1.42. The van der Waals surface area contributed by atoms with Gasteiger partial charge in [0.1, 0.15) is 0 Å². The summed E-state index contributed by atoms with van der Waals surface area (Å²) in [5.41, 5.74) is 0.0241. The summed E-state index contributed by atoms with van der Waals surface area (Å²) >= 11 is 0. The maximum absolute atomic E-state index is 11.9. The lowest BCUT2D eigenvalue weighted by Gasteiger charge is -2.17. The van der Waals surface area contributed by atoms with Crippen molar-refractivity contribution in [2.75, 3.05) is 0 Å². The fourth-order valence-electron chi connectivity index (χ4n) is 2.44. The molecule has 1 aliphatic carbocycles. The first-order chi connectivity index (χ1) is 8.39. The van der Waals surface area contributed by atoms with Crippen LogP contribution in [-0.4, -0.2) is 33.0 Å². The van der Waals surface area contributed by atoms with Crippen LogP contribution in [0, 0.1) is 5.41 Å². The van der Waals surface area contributed by atoms with Crippen molar-refractivity contribution < 1.29 is 14.7 Å². The van der Waals surface area contributed by atoms with E-state index in [2.05, 4.69) is 29.1 Å². The molecule has 1 fully saturated rings. The van der Waals surface area contributed by atoms with Gasteiger partial charge in [0, 0.05) is 6.04 Å². The monoisotopic (exact) mass is 251 g/mol. The molecule has 1 saturated carbocycles. The Balaban J connectivity index is 2.04. The van der Waals surface area contributed by atoms with Gasteiger partial charge >= 0.3 is 5.97 Å². The summed E-state index contributed by atoms with van der Waals surface area (Å²) in [7, 11) is 0. The summed E-state index contributed by atoms with van der Waals surface area (Å²) in [5, 5.41) is 11.7. The molecule has 1 atom stereocenters.